The number of nitrogens with one attached hydrogen (secondary N) is 1. The van der Waals surface area contributed by atoms with Crippen molar-refractivity contribution in [2.45, 2.75) is 44.1 Å². The van der Waals surface area contributed by atoms with Gasteiger partial charge in [-0.25, -0.2) is 0 Å². The van der Waals surface area contributed by atoms with E-state index in [9.17, 15) is 4.79 Å². The fraction of sp³-hybridized carbons (Fsp3) is 0.421. The Kier molecular flexibility index (Phi) is 4.33. The van der Waals surface area contributed by atoms with Gasteiger partial charge in [-0.15, -0.1) is 0 Å². The Morgan fingerprint density at radius 3 is 2.69 bits per heavy atom. The first kappa shape index (κ1) is 16.9. The predicted octanol–water partition coefficient (Wildman–Crippen LogP) is 3.70. The number of carbonyl (C=O) groups excluding carboxylic acids is 1. The number of benzene rings is 1. The molecular formula is C19H19ClN4O2. The van der Waals surface area contributed by atoms with Crippen molar-refractivity contribution in [2.75, 3.05) is 7.05 Å². The maximum absolute atomic E-state index is 11.9. The summed E-state index contributed by atoms with van der Waals surface area (Å²) in [6.07, 6.45) is 4.33. The van der Waals surface area contributed by atoms with Gasteiger partial charge in [-0.05, 0) is 37.8 Å². The third-order valence-corrected chi connectivity index (χ3v) is 5.07. The summed E-state index contributed by atoms with van der Waals surface area (Å²) in [6.45, 7) is 0.194. The number of nitrogens with zero attached hydrogens (tertiary/aromatic N) is 3. The average Bonchev–Trinajstić information content (AvgIpc) is 3.54. The van der Waals surface area contributed by atoms with E-state index in [0.29, 0.717) is 28.2 Å². The molecule has 1 heterocycles. The molecule has 1 aromatic heterocycles. The molecule has 2 fully saturated rings. The summed E-state index contributed by atoms with van der Waals surface area (Å²) in [5.41, 5.74) is 2.34. The van der Waals surface area contributed by atoms with Gasteiger partial charge in [0.2, 0.25) is 5.91 Å². The van der Waals surface area contributed by atoms with Gasteiger partial charge in [-0.1, -0.05) is 11.6 Å². The summed E-state index contributed by atoms with van der Waals surface area (Å²) in [5.74, 6) is 2.03. The zero-order chi connectivity index (χ0) is 18.3. The predicted molar refractivity (Wildman–Crippen MR) is 96.5 cm³/mol. The van der Waals surface area contributed by atoms with Gasteiger partial charge in [0.15, 0.2) is 5.75 Å². The van der Waals surface area contributed by atoms with E-state index in [1.54, 1.807) is 29.9 Å². The minimum absolute atomic E-state index is 0.0790. The van der Waals surface area contributed by atoms with E-state index >= 15 is 0 Å². The number of aromatic nitrogens is 2. The molecule has 26 heavy (non-hydrogen) atoms. The van der Waals surface area contributed by atoms with Crippen LogP contribution in [0.4, 0.5) is 0 Å². The molecule has 134 valence electrons. The Bertz CT molecular complexity index is 907. The Morgan fingerprint density at radius 2 is 2.12 bits per heavy atom. The molecule has 1 amide bonds. The zero-order valence-corrected chi connectivity index (χ0v) is 15.2. The highest BCUT2D eigenvalue weighted by Gasteiger charge is 2.39. The van der Waals surface area contributed by atoms with E-state index < -0.39 is 0 Å². The molecule has 0 bridgehead atoms. The van der Waals surface area contributed by atoms with E-state index in [1.165, 1.54) is 0 Å². The lowest BCUT2D eigenvalue weighted by Gasteiger charge is -2.10. The van der Waals surface area contributed by atoms with Crippen molar-refractivity contribution in [3.05, 3.63) is 40.2 Å². The Labute approximate surface area is 156 Å². The third kappa shape index (κ3) is 3.27. The second-order valence-corrected chi connectivity index (χ2v) is 7.24. The molecule has 2 aliphatic carbocycles. The SMILES string of the molecule is CNC(=O)Cn1nc(C2CC2)c(Oc2ccc(C#N)c(Cl)c2)c1C1CC1. The molecule has 1 aromatic carbocycles. The van der Waals surface area contributed by atoms with Crippen molar-refractivity contribution in [3.8, 4) is 17.6 Å². The summed E-state index contributed by atoms with van der Waals surface area (Å²) in [4.78, 5) is 11.9. The quantitative estimate of drug-likeness (QED) is 0.840. The molecule has 0 atom stereocenters. The lowest BCUT2D eigenvalue weighted by atomic mass is 10.2. The van der Waals surface area contributed by atoms with Crippen LogP contribution in [0.15, 0.2) is 18.2 Å². The molecule has 2 aromatic rings. The highest BCUT2D eigenvalue weighted by molar-refractivity contribution is 6.31. The summed E-state index contributed by atoms with van der Waals surface area (Å²) in [5, 5.41) is 16.8. The highest BCUT2D eigenvalue weighted by atomic mass is 35.5. The molecule has 2 saturated carbocycles. The third-order valence-electron chi connectivity index (χ3n) is 4.75. The standard InChI is InChI=1S/C19H19ClN4O2/c1-22-16(25)10-24-18(12-4-5-12)19(17(23-24)11-2-3-11)26-14-7-6-13(9-21)15(20)8-14/h6-8,11-12H,2-5,10H2,1H3,(H,22,25). The molecule has 6 nitrogen and oxygen atoms in total. The fourth-order valence-corrected chi connectivity index (χ4v) is 3.28. The van der Waals surface area contributed by atoms with E-state index in [1.807, 2.05) is 6.07 Å². The molecule has 4 rings (SSSR count). The maximum Gasteiger partial charge on any atom is 0.241 e. The topological polar surface area (TPSA) is 79.9 Å². The van der Waals surface area contributed by atoms with Crippen molar-refractivity contribution in [1.82, 2.24) is 15.1 Å². The summed E-state index contributed by atoms with van der Waals surface area (Å²) in [7, 11) is 1.63. The number of carbonyl (C=O) groups is 1. The van der Waals surface area contributed by atoms with Crippen LogP contribution in [0.2, 0.25) is 5.02 Å². The van der Waals surface area contributed by atoms with Crippen molar-refractivity contribution >= 4 is 17.5 Å². The van der Waals surface area contributed by atoms with Gasteiger partial charge < -0.3 is 10.1 Å². The number of hydrogen-bond donors (Lipinski definition) is 1. The van der Waals surface area contributed by atoms with Crippen LogP contribution in [0.1, 0.15) is 54.5 Å². The van der Waals surface area contributed by atoms with Crippen LogP contribution in [0, 0.1) is 11.3 Å². The van der Waals surface area contributed by atoms with Crippen molar-refractivity contribution in [3.63, 3.8) is 0 Å². The largest absolute Gasteiger partial charge is 0.453 e. The van der Waals surface area contributed by atoms with Gasteiger partial charge in [0, 0.05) is 24.9 Å². The zero-order valence-electron chi connectivity index (χ0n) is 14.5. The van der Waals surface area contributed by atoms with Gasteiger partial charge in [0.25, 0.3) is 0 Å². The number of likely N-dealkylation sites (N-methyl/N-ethyl adjacent to an activating group) is 1. The molecule has 0 radical (unpaired) electrons. The smallest absolute Gasteiger partial charge is 0.241 e. The van der Waals surface area contributed by atoms with Crippen LogP contribution >= 0.6 is 11.6 Å². The van der Waals surface area contributed by atoms with E-state index in [0.717, 1.165) is 42.8 Å². The number of amides is 1. The Balaban J connectivity index is 1.73. The first-order valence-electron chi connectivity index (χ1n) is 8.79. The molecule has 2 aliphatic rings. The minimum Gasteiger partial charge on any atom is -0.453 e. The lowest BCUT2D eigenvalue weighted by Crippen LogP contribution is -2.25. The maximum atomic E-state index is 11.9. The van der Waals surface area contributed by atoms with Crippen LogP contribution in [0.25, 0.3) is 0 Å². The van der Waals surface area contributed by atoms with Crippen LogP contribution in [0.3, 0.4) is 0 Å². The first-order chi connectivity index (χ1) is 12.6. The van der Waals surface area contributed by atoms with Crippen LogP contribution in [-0.4, -0.2) is 22.7 Å². The summed E-state index contributed by atoms with van der Waals surface area (Å²) in [6, 6.07) is 7.10. The van der Waals surface area contributed by atoms with Gasteiger partial charge in [-0.2, -0.15) is 10.4 Å². The van der Waals surface area contributed by atoms with Crippen molar-refractivity contribution in [2.24, 2.45) is 0 Å². The van der Waals surface area contributed by atoms with Gasteiger partial charge in [-0.3, -0.25) is 9.48 Å². The summed E-state index contributed by atoms with van der Waals surface area (Å²) >= 11 is 6.14. The molecule has 7 heteroatoms. The van der Waals surface area contributed by atoms with Gasteiger partial charge >= 0.3 is 0 Å². The normalized spacial score (nSPS) is 16.2. The monoisotopic (exact) mass is 370 g/mol. The average molecular weight is 371 g/mol. The number of hydrogen-bond acceptors (Lipinski definition) is 4. The molecule has 0 saturated heterocycles. The number of ether oxygens (including phenoxy) is 1. The lowest BCUT2D eigenvalue weighted by molar-refractivity contribution is -0.121. The van der Waals surface area contributed by atoms with Gasteiger partial charge in [0.1, 0.15) is 24.1 Å². The van der Waals surface area contributed by atoms with Crippen molar-refractivity contribution < 1.29 is 9.53 Å². The molecule has 1 N–H and O–H groups in total. The number of nitriles is 1. The van der Waals surface area contributed by atoms with E-state index in [-0.39, 0.29) is 12.5 Å². The molecule has 0 aliphatic heterocycles. The van der Waals surface area contributed by atoms with Crippen LogP contribution in [0.5, 0.6) is 11.5 Å². The Hall–Kier alpha value is -2.52. The number of rotatable bonds is 6. The van der Waals surface area contributed by atoms with Crippen LogP contribution < -0.4 is 10.1 Å². The molecule has 0 spiro atoms. The highest BCUT2D eigenvalue weighted by Crippen LogP contribution is 2.52. The minimum atomic E-state index is -0.0790. The fourth-order valence-electron chi connectivity index (χ4n) is 3.06. The Morgan fingerprint density at radius 1 is 1.38 bits per heavy atom. The summed E-state index contributed by atoms with van der Waals surface area (Å²) < 4.78 is 8.01. The molecular weight excluding hydrogens is 352 g/mol. The number of halogens is 1. The second-order valence-electron chi connectivity index (χ2n) is 6.83. The van der Waals surface area contributed by atoms with Crippen molar-refractivity contribution in [1.29, 1.82) is 5.26 Å². The van der Waals surface area contributed by atoms with E-state index in [4.69, 9.17) is 26.7 Å². The van der Waals surface area contributed by atoms with Gasteiger partial charge in [0.05, 0.1) is 16.3 Å². The second kappa shape index (κ2) is 6.65. The first-order valence-corrected chi connectivity index (χ1v) is 9.17. The van der Waals surface area contributed by atoms with E-state index in [2.05, 4.69) is 5.32 Å². The molecule has 0 unspecified atom stereocenters. The van der Waals surface area contributed by atoms with Crippen LogP contribution in [-0.2, 0) is 11.3 Å².